The van der Waals surface area contributed by atoms with Gasteiger partial charge in [-0.2, -0.15) is 0 Å². The number of hydrogen-bond acceptors (Lipinski definition) is 3. The minimum atomic E-state index is -0.0165. The van der Waals surface area contributed by atoms with E-state index in [0.717, 1.165) is 25.3 Å². The standard InChI is InChI=1S/C17H22N4OS/c1-2-20-10-3-4-15(20)12-19-16(22)13-5-7-14(8-6-13)21-11-9-18-17(21)23/h5-9,11,15H,2-4,10,12H2,1H3,(H,18,23)(H,19,22). The molecule has 1 unspecified atom stereocenters. The van der Waals surface area contributed by atoms with Crippen molar-refractivity contribution in [3.63, 3.8) is 0 Å². The molecule has 0 aliphatic carbocycles. The van der Waals surface area contributed by atoms with Crippen molar-refractivity contribution in [1.82, 2.24) is 19.8 Å². The summed E-state index contributed by atoms with van der Waals surface area (Å²) < 4.78 is 2.51. The fourth-order valence-electron chi connectivity index (χ4n) is 3.15. The second-order valence-electron chi connectivity index (χ2n) is 5.82. The van der Waals surface area contributed by atoms with Crippen LogP contribution in [-0.2, 0) is 0 Å². The minimum Gasteiger partial charge on any atom is -0.350 e. The summed E-state index contributed by atoms with van der Waals surface area (Å²) >= 11 is 5.20. The Balaban J connectivity index is 1.62. The van der Waals surface area contributed by atoms with Gasteiger partial charge in [0, 0.05) is 36.2 Å². The summed E-state index contributed by atoms with van der Waals surface area (Å²) in [7, 11) is 0. The van der Waals surface area contributed by atoms with E-state index in [4.69, 9.17) is 12.2 Å². The average Bonchev–Trinajstić information content (AvgIpc) is 3.21. The lowest BCUT2D eigenvalue weighted by Gasteiger charge is -2.22. The third kappa shape index (κ3) is 3.54. The van der Waals surface area contributed by atoms with Gasteiger partial charge in [-0.15, -0.1) is 0 Å². The number of hydrogen-bond donors (Lipinski definition) is 2. The van der Waals surface area contributed by atoms with Crippen LogP contribution in [0.25, 0.3) is 5.69 Å². The molecule has 1 atom stereocenters. The lowest BCUT2D eigenvalue weighted by molar-refractivity contribution is 0.0941. The molecule has 23 heavy (non-hydrogen) atoms. The van der Waals surface area contributed by atoms with Gasteiger partial charge in [-0.3, -0.25) is 14.3 Å². The van der Waals surface area contributed by atoms with Crippen LogP contribution >= 0.6 is 12.2 Å². The SMILES string of the molecule is CCN1CCCC1CNC(=O)c1ccc(-n2cc[nH]c2=S)cc1. The molecule has 2 N–H and O–H groups in total. The molecule has 1 aromatic carbocycles. The predicted molar refractivity (Wildman–Crippen MR) is 93.6 cm³/mol. The minimum absolute atomic E-state index is 0.0165. The highest BCUT2D eigenvalue weighted by Gasteiger charge is 2.23. The van der Waals surface area contributed by atoms with E-state index in [1.54, 1.807) is 6.20 Å². The third-order valence-corrected chi connectivity index (χ3v) is 4.77. The fourth-order valence-corrected chi connectivity index (χ4v) is 3.39. The van der Waals surface area contributed by atoms with E-state index in [-0.39, 0.29) is 5.91 Å². The number of carbonyl (C=O) groups is 1. The number of H-pyrrole nitrogens is 1. The second kappa shape index (κ2) is 7.10. The number of rotatable bonds is 5. The maximum Gasteiger partial charge on any atom is 0.251 e. The molecule has 122 valence electrons. The number of amides is 1. The van der Waals surface area contributed by atoms with Gasteiger partial charge >= 0.3 is 0 Å². The number of nitrogens with one attached hydrogen (secondary N) is 2. The molecule has 5 nitrogen and oxygen atoms in total. The van der Waals surface area contributed by atoms with Crippen molar-refractivity contribution in [1.29, 1.82) is 0 Å². The first-order chi connectivity index (χ1) is 11.2. The van der Waals surface area contributed by atoms with Crippen molar-refractivity contribution in [2.24, 2.45) is 0 Å². The third-order valence-electron chi connectivity index (χ3n) is 4.46. The van der Waals surface area contributed by atoms with Crippen LogP contribution in [-0.4, -0.2) is 46.0 Å². The van der Waals surface area contributed by atoms with Crippen molar-refractivity contribution in [2.45, 2.75) is 25.8 Å². The summed E-state index contributed by atoms with van der Waals surface area (Å²) in [6.07, 6.45) is 6.06. The van der Waals surface area contributed by atoms with E-state index >= 15 is 0 Å². The topological polar surface area (TPSA) is 53.1 Å². The summed E-state index contributed by atoms with van der Waals surface area (Å²) in [5.74, 6) is -0.0165. The first-order valence-electron chi connectivity index (χ1n) is 8.07. The molecule has 0 bridgehead atoms. The predicted octanol–water partition coefficient (Wildman–Crippen LogP) is 2.75. The first-order valence-corrected chi connectivity index (χ1v) is 8.48. The number of imidazole rings is 1. The number of likely N-dealkylation sites (N-methyl/N-ethyl adjacent to an activating group) is 1. The maximum atomic E-state index is 12.3. The zero-order valence-electron chi connectivity index (χ0n) is 13.3. The molecule has 2 aromatic rings. The van der Waals surface area contributed by atoms with Gasteiger partial charge in [-0.25, -0.2) is 0 Å². The molecule has 1 aliphatic rings. The Kier molecular flexibility index (Phi) is 4.93. The smallest absolute Gasteiger partial charge is 0.251 e. The second-order valence-corrected chi connectivity index (χ2v) is 6.20. The van der Waals surface area contributed by atoms with Gasteiger partial charge in [0.05, 0.1) is 0 Å². The van der Waals surface area contributed by atoms with E-state index < -0.39 is 0 Å². The molecule has 6 heteroatoms. The summed E-state index contributed by atoms with van der Waals surface area (Å²) in [4.78, 5) is 17.7. The number of carbonyl (C=O) groups excluding carboxylic acids is 1. The molecular formula is C17H22N4OS. The Labute approximate surface area is 141 Å². The molecule has 0 saturated carbocycles. The number of benzene rings is 1. The van der Waals surface area contributed by atoms with Crippen molar-refractivity contribution in [3.8, 4) is 5.69 Å². The monoisotopic (exact) mass is 330 g/mol. The van der Waals surface area contributed by atoms with E-state index in [1.165, 1.54) is 12.8 Å². The molecule has 0 spiro atoms. The number of nitrogens with zero attached hydrogens (tertiary/aromatic N) is 2. The molecule has 1 aromatic heterocycles. The van der Waals surface area contributed by atoms with Crippen molar-refractivity contribution >= 4 is 18.1 Å². The summed E-state index contributed by atoms with van der Waals surface area (Å²) in [6, 6.07) is 7.97. The fraction of sp³-hybridized carbons (Fsp3) is 0.412. The Morgan fingerprint density at radius 1 is 1.39 bits per heavy atom. The Hall–Kier alpha value is -1.92. The van der Waals surface area contributed by atoms with Gasteiger partial charge in [0.25, 0.3) is 5.91 Å². The molecule has 3 rings (SSSR count). The normalized spacial score (nSPS) is 18.2. The van der Waals surface area contributed by atoms with Gasteiger partial charge < -0.3 is 10.3 Å². The molecule has 1 fully saturated rings. The molecule has 0 radical (unpaired) electrons. The van der Waals surface area contributed by atoms with Crippen molar-refractivity contribution < 1.29 is 4.79 Å². The highest BCUT2D eigenvalue weighted by Crippen LogP contribution is 2.16. The van der Waals surface area contributed by atoms with Gasteiger partial charge in [-0.05, 0) is 62.4 Å². The van der Waals surface area contributed by atoms with Crippen LogP contribution in [0.3, 0.4) is 0 Å². The average molecular weight is 330 g/mol. The van der Waals surface area contributed by atoms with Gasteiger partial charge in [0.2, 0.25) is 0 Å². The van der Waals surface area contributed by atoms with Crippen LogP contribution in [0.5, 0.6) is 0 Å². The summed E-state index contributed by atoms with van der Waals surface area (Å²) in [6.45, 7) is 5.08. The number of aromatic amines is 1. The van der Waals surface area contributed by atoms with Crippen LogP contribution < -0.4 is 5.32 Å². The Bertz CT molecular complexity index is 719. The van der Waals surface area contributed by atoms with Crippen LogP contribution in [0.1, 0.15) is 30.1 Å². The number of aromatic nitrogens is 2. The molecule has 1 amide bonds. The lowest BCUT2D eigenvalue weighted by atomic mass is 10.1. The lowest BCUT2D eigenvalue weighted by Crippen LogP contribution is -2.40. The first kappa shape index (κ1) is 16.0. The van der Waals surface area contributed by atoms with Gasteiger partial charge in [0.15, 0.2) is 4.77 Å². The van der Waals surface area contributed by atoms with E-state index in [0.29, 0.717) is 16.4 Å². The quantitative estimate of drug-likeness (QED) is 0.829. The van der Waals surface area contributed by atoms with Crippen LogP contribution in [0, 0.1) is 4.77 Å². The number of likely N-dealkylation sites (tertiary alicyclic amines) is 1. The highest BCUT2D eigenvalue weighted by atomic mass is 32.1. The van der Waals surface area contributed by atoms with Gasteiger partial charge in [0.1, 0.15) is 0 Å². The Morgan fingerprint density at radius 2 is 2.17 bits per heavy atom. The highest BCUT2D eigenvalue weighted by molar-refractivity contribution is 7.71. The van der Waals surface area contributed by atoms with Crippen LogP contribution in [0.15, 0.2) is 36.7 Å². The summed E-state index contributed by atoms with van der Waals surface area (Å²) in [5, 5.41) is 3.06. The van der Waals surface area contributed by atoms with E-state index in [9.17, 15) is 4.79 Å². The summed E-state index contributed by atoms with van der Waals surface area (Å²) in [5.41, 5.74) is 1.62. The van der Waals surface area contributed by atoms with Crippen molar-refractivity contribution in [2.75, 3.05) is 19.6 Å². The van der Waals surface area contributed by atoms with E-state index in [2.05, 4.69) is 22.1 Å². The largest absolute Gasteiger partial charge is 0.350 e. The molecule has 1 saturated heterocycles. The van der Waals surface area contributed by atoms with E-state index in [1.807, 2.05) is 35.0 Å². The molecule has 1 aliphatic heterocycles. The molecular weight excluding hydrogens is 308 g/mol. The Morgan fingerprint density at radius 3 is 2.83 bits per heavy atom. The van der Waals surface area contributed by atoms with Crippen molar-refractivity contribution in [3.05, 3.63) is 47.0 Å². The zero-order chi connectivity index (χ0) is 16.2. The van der Waals surface area contributed by atoms with Crippen LogP contribution in [0.2, 0.25) is 0 Å². The zero-order valence-corrected chi connectivity index (χ0v) is 14.1. The van der Waals surface area contributed by atoms with Crippen LogP contribution in [0.4, 0.5) is 0 Å². The maximum absolute atomic E-state index is 12.3. The van der Waals surface area contributed by atoms with Gasteiger partial charge in [-0.1, -0.05) is 6.92 Å². The molecule has 2 heterocycles.